The van der Waals surface area contributed by atoms with Crippen LogP contribution < -0.4 is 10.1 Å². The first-order chi connectivity index (χ1) is 20.4. The Bertz CT molecular complexity index is 1740. The van der Waals surface area contributed by atoms with Crippen LogP contribution in [0.3, 0.4) is 0 Å². The monoisotopic (exact) mass is 588 g/mol. The molecule has 10 heteroatoms. The SMILES string of the molecule is Cc1nc2c(cc(-c3ccnc(NC4COC4)c3)n2C)c(-c2cc(F)c3c(c2C)CCCO3)c1[C@H](OC(C)(C)C)C(=O)O. The molecule has 226 valence electrons. The Labute approximate surface area is 250 Å². The van der Waals surface area contributed by atoms with Gasteiger partial charge in [-0.15, -0.1) is 0 Å². The number of carboxylic acid groups (broad SMARTS) is 1. The van der Waals surface area contributed by atoms with Gasteiger partial charge in [0.1, 0.15) is 11.5 Å². The number of aliphatic carboxylic acids is 1. The van der Waals surface area contributed by atoms with Crippen molar-refractivity contribution in [2.75, 3.05) is 25.1 Å². The molecule has 1 aromatic carbocycles. The number of hydrogen-bond donors (Lipinski definition) is 2. The van der Waals surface area contributed by atoms with Gasteiger partial charge in [-0.3, -0.25) is 0 Å². The van der Waals surface area contributed by atoms with E-state index < -0.39 is 23.5 Å². The molecule has 2 aliphatic heterocycles. The number of fused-ring (bicyclic) bond motifs is 2. The molecule has 2 aliphatic rings. The van der Waals surface area contributed by atoms with Crippen molar-refractivity contribution in [1.82, 2.24) is 14.5 Å². The number of rotatable bonds is 7. The zero-order valence-corrected chi connectivity index (χ0v) is 25.4. The minimum Gasteiger partial charge on any atom is -0.490 e. The predicted molar refractivity (Wildman–Crippen MR) is 162 cm³/mol. The summed E-state index contributed by atoms with van der Waals surface area (Å²) in [7, 11) is 1.93. The first-order valence-electron chi connectivity index (χ1n) is 14.6. The summed E-state index contributed by atoms with van der Waals surface area (Å²) in [6.45, 7) is 10.9. The Kier molecular flexibility index (Phi) is 7.38. The highest BCUT2D eigenvalue weighted by molar-refractivity contribution is 6.01. The van der Waals surface area contributed by atoms with Crippen molar-refractivity contribution < 1.29 is 28.5 Å². The molecule has 1 saturated heterocycles. The van der Waals surface area contributed by atoms with E-state index in [-0.39, 0.29) is 11.8 Å². The number of nitrogens with zero attached hydrogens (tertiary/aromatic N) is 3. The zero-order chi connectivity index (χ0) is 30.6. The Hall–Kier alpha value is -4.02. The second-order valence-corrected chi connectivity index (χ2v) is 12.4. The highest BCUT2D eigenvalue weighted by Gasteiger charge is 2.34. The number of aromatic nitrogens is 3. The van der Waals surface area contributed by atoms with Crippen molar-refractivity contribution in [3.8, 4) is 28.1 Å². The standard InChI is InChI=1S/C33H37FN4O5/c1-17-21-8-7-11-42-29(21)24(34)13-22(17)28-23-14-25(19-9-10-35-26(12-19)37-20-15-41-16-20)38(6)31(23)36-18(2)27(28)30(32(39)40)43-33(3,4)5/h9-10,12-14,20,30H,7-8,11,15-16H2,1-6H3,(H,35,37)(H,39,40)/t30-/m0/s1. The van der Waals surface area contributed by atoms with Crippen molar-refractivity contribution in [2.24, 2.45) is 7.05 Å². The van der Waals surface area contributed by atoms with Crippen molar-refractivity contribution in [2.45, 2.75) is 65.2 Å². The van der Waals surface area contributed by atoms with Crippen LogP contribution in [0, 0.1) is 19.7 Å². The van der Waals surface area contributed by atoms with E-state index in [4.69, 9.17) is 19.2 Å². The molecule has 0 radical (unpaired) electrons. The van der Waals surface area contributed by atoms with Crippen molar-refractivity contribution in [3.63, 3.8) is 0 Å². The smallest absolute Gasteiger partial charge is 0.337 e. The van der Waals surface area contributed by atoms with Gasteiger partial charge in [0.25, 0.3) is 0 Å². The fraction of sp³-hybridized carbons (Fsp3) is 0.424. The highest BCUT2D eigenvalue weighted by atomic mass is 19.1. The Morgan fingerprint density at radius 1 is 1.23 bits per heavy atom. The molecule has 1 atom stereocenters. The quantitative estimate of drug-likeness (QED) is 0.265. The molecule has 3 aromatic heterocycles. The van der Waals surface area contributed by atoms with Gasteiger partial charge in [-0.05, 0) is 82.9 Å². The lowest BCUT2D eigenvalue weighted by molar-refractivity contribution is -0.160. The lowest BCUT2D eigenvalue weighted by Gasteiger charge is -2.29. The molecule has 9 nitrogen and oxygen atoms in total. The number of aryl methyl sites for hydroxylation is 2. The summed E-state index contributed by atoms with van der Waals surface area (Å²) in [6.07, 6.45) is 1.88. The van der Waals surface area contributed by atoms with Crippen LogP contribution in [0.4, 0.5) is 10.2 Å². The molecule has 6 rings (SSSR count). The van der Waals surface area contributed by atoms with E-state index in [9.17, 15) is 9.90 Å². The van der Waals surface area contributed by atoms with Crippen LogP contribution in [0.25, 0.3) is 33.4 Å². The van der Waals surface area contributed by atoms with E-state index in [1.165, 1.54) is 6.07 Å². The average Bonchev–Trinajstić information content (AvgIpc) is 3.26. The molecule has 0 aliphatic carbocycles. The van der Waals surface area contributed by atoms with Crippen molar-refractivity contribution in [1.29, 1.82) is 0 Å². The van der Waals surface area contributed by atoms with E-state index in [0.717, 1.165) is 34.6 Å². The molecular formula is C33H37FN4O5. The summed E-state index contributed by atoms with van der Waals surface area (Å²) in [4.78, 5) is 22.2. The lowest BCUT2D eigenvalue weighted by Crippen LogP contribution is -2.40. The second kappa shape index (κ2) is 10.9. The number of ether oxygens (including phenoxy) is 3. The van der Waals surface area contributed by atoms with Crippen LogP contribution in [-0.2, 0) is 27.7 Å². The largest absolute Gasteiger partial charge is 0.490 e. The summed E-state index contributed by atoms with van der Waals surface area (Å²) in [5, 5.41) is 14.6. The molecule has 2 N–H and O–H groups in total. The summed E-state index contributed by atoms with van der Waals surface area (Å²) in [6, 6.07) is 7.58. The fourth-order valence-corrected chi connectivity index (χ4v) is 6.05. The van der Waals surface area contributed by atoms with Gasteiger partial charge in [-0.1, -0.05) is 0 Å². The van der Waals surface area contributed by atoms with Gasteiger partial charge in [0.05, 0.1) is 37.2 Å². The fourth-order valence-electron chi connectivity index (χ4n) is 6.05. The van der Waals surface area contributed by atoms with Gasteiger partial charge in [0.2, 0.25) is 0 Å². The number of benzene rings is 1. The highest BCUT2D eigenvalue weighted by Crippen LogP contribution is 2.45. The molecule has 43 heavy (non-hydrogen) atoms. The van der Waals surface area contributed by atoms with Crippen LogP contribution in [-0.4, -0.2) is 57.1 Å². The van der Waals surface area contributed by atoms with E-state index in [1.807, 2.05) is 57.5 Å². The molecular weight excluding hydrogens is 551 g/mol. The second-order valence-electron chi connectivity index (χ2n) is 12.4. The molecule has 0 bridgehead atoms. The van der Waals surface area contributed by atoms with Gasteiger partial charge < -0.3 is 29.2 Å². The molecule has 0 spiro atoms. The number of carbonyl (C=O) groups is 1. The number of carboxylic acids is 1. The van der Waals surface area contributed by atoms with Crippen LogP contribution in [0.5, 0.6) is 5.75 Å². The third kappa shape index (κ3) is 5.34. The minimum atomic E-state index is -1.33. The van der Waals surface area contributed by atoms with E-state index in [1.54, 1.807) is 13.1 Å². The van der Waals surface area contributed by atoms with Gasteiger partial charge in [0.15, 0.2) is 17.7 Å². The van der Waals surface area contributed by atoms with Gasteiger partial charge in [0, 0.05) is 46.6 Å². The summed E-state index contributed by atoms with van der Waals surface area (Å²) < 4.78 is 34.8. The Morgan fingerprint density at radius 3 is 2.67 bits per heavy atom. The maximum absolute atomic E-state index is 15.7. The van der Waals surface area contributed by atoms with Crippen LogP contribution in [0.2, 0.25) is 0 Å². The van der Waals surface area contributed by atoms with Crippen LogP contribution in [0.1, 0.15) is 55.7 Å². The number of pyridine rings is 2. The normalized spacial score (nSPS) is 16.0. The molecule has 0 unspecified atom stereocenters. The predicted octanol–water partition coefficient (Wildman–Crippen LogP) is 6.13. The average molecular weight is 589 g/mol. The number of nitrogens with one attached hydrogen (secondary N) is 1. The van der Waals surface area contributed by atoms with Crippen molar-refractivity contribution >= 4 is 22.8 Å². The van der Waals surface area contributed by atoms with Crippen molar-refractivity contribution in [3.05, 3.63) is 58.7 Å². The topological polar surface area (TPSA) is 108 Å². The molecule has 4 aromatic rings. The summed E-state index contributed by atoms with van der Waals surface area (Å²) >= 11 is 0. The summed E-state index contributed by atoms with van der Waals surface area (Å²) in [5.41, 5.74) is 5.44. The first-order valence-corrected chi connectivity index (χ1v) is 14.6. The maximum atomic E-state index is 15.7. The van der Waals surface area contributed by atoms with Gasteiger partial charge >= 0.3 is 5.97 Å². The molecule has 0 amide bonds. The van der Waals surface area contributed by atoms with Gasteiger partial charge in [-0.25, -0.2) is 19.2 Å². The minimum absolute atomic E-state index is 0.218. The molecule has 0 saturated carbocycles. The zero-order valence-electron chi connectivity index (χ0n) is 25.4. The molecule has 5 heterocycles. The van der Waals surface area contributed by atoms with Gasteiger partial charge in [-0.2, -0.15) is 0 Å². The summed E-state index contributed by atoms with van der Waals surface area (Å²) in [5.74, 6) is -0.591. The third-order valence-electron chi connectivity index (χ3n) is 8.11. The van der Waals surface area contributed by atoms with E-state index in [0.29, 0.717) is 59.7 Å². The van der Waals surface area contributed by atoms with Crippen LogP contribution in [0.15, 0.2) is 30.5 Å². The number of hydrogen-bond acceptors (Lipinski definition) is 7. The Morgan fingerprint density at radius 2 is 2.00 bits per heavy atom. The first kappa shape index (κ1) is 29.1. The number of halogens is 1. The maximum Gasteiger partial charge on any atom is 0.337 e. The van der Waals surface area contributed by atoms with E-state index in [2.05, 4.69) is 10.3 Å². The lowest BCUT2D eigenvalue weighted by atomic mass is 9.86. The number of anilines is 1. The third-order valence-corrected chi connectivity index (χ3v) is 8.11. The molecule has 1 fully saturated rings. The van der Waals surface area contributed by atoms with Crippen LogP contribution >= 0.6 is 0 Å². The Balaban J connectivity index is 1.63. The van der Waals surface area contributed by atoms with E-state index >= 15 is 4.39 Å².